The Bertz CT molecular complexity index is 994. The Hall–Kier alpha value is -3.41. The molecule has 0 spiro atoms. The summed E-state index contributed by atoms with van der Waals surface area (Å²) in [6.45, 7) is 3.90. The Morgan fingerprint density at radius 1 is 1.14 bits per heavy atom. The number of amides is 1. The molecule has 0 unspecified atom stereocenters. The van der Waals surface area contributed by atoms with Gasteiger partial charge in [-0.2, -0.15) is 0 Å². The summed E-state index contributed by atoms with van der Waals surface area (Å²) < 4.78 is 24.8. The van der Waals surface area contributed by atoms with Gasteiger partial charge in [-0.1, -0.05) is 30.3 Å². The van der Waals surface area contributed by atoms with E-state index < -0.39 is 17.7 Å². The van der Waals surface area contributed by atoms with Gasteiger partial charge in [0, 0.05) is 11.3 Å². The van der Waals surface area contributed by atoms with Crippen LogP contribution >= 0.6 is 0 Å². The van der Waals surface area contributed by atoms with E-state index >= 15 is 0 Å². The fourth-order valence-electron chi connectivity index (χ4n) is 3.15. The van der Waals surface area contributed by atoms with Crippen LogP contribution in [0, 0.1) is 5.82 Å². The van der Waals surface area contributed by atoms with E-state index in [1.807, 2.05) is 13.0 Å². The number of benzene rings is 2. The van der Waals surface area contributed by atoms with Gasteiger partial charge in [0.25, 0.3) is 5.91 Å². The number of allylic oxidation sites excluding steroid dienone is 1. The van der Waals surface area contributed by atoms with Gasteiger partial charge in [-0.15, -0.1) is 0 Å². The first kappa shape index (κ1) is 19.4. The molecule has 28 heavy (non-hydrogen) atoms. The van der Waals surface area contributed by atoms with Crippen molar-refractivity contribution in [1.82, 2.24) is 0 Å². The van der Waals surface area contributed by atoms with Crippen LogP contribution in [0.5, 0.6) is 5.75 Å². The third kappa shape index (κ3) is 3.41. The van der Waals surface area contributed by atoms with E-state index in [2.05, 4.69) is 0 Å². The lowest BCUT2D eigenvalue weighted by molar-refractivity contribution is -0.136. The minimum Gasteiger partial charge on any atom is -0.493 e. The van der Waals surface area contributed by atoms with Gasteiger partial charge in [0.15, 0.2) is 0 Å². The van der Waals surface area contributed by atoms with E-state index in [9.17, 15) is 14.0 Å². The second kappa shape index (κ2) is 8.08. The lowest BCUT2D eigenvalue weighted by Gasteiger charge is -2.18. The molecule has 0 N–H and O–H groups in total. The largest absolute Gasteiger partial charge is 0.493 e. The van der Waals surface area contributed by atoms with Gasteiger partial charge in [-0.05, 0) is 38.1 Å². The maximum atomic E-state index is 14.3. The number of halogens is 1. The highest BCUT2D eigenvalue weighted by Crippen LogP contribution is 2.37. The summed E-state index contributed by atoms with van der Waals surface area (Å²) >= 11 is 0. The Balaban J connectivity index is 2.17. The SMILES string of the molecule is CCOc1ccccc1/C=C1/C(=O)N(c2ccccc2F)C(C)=C1C(=O)OC. The summed E-state index contributed by atoms with van der Waals surface area (Å²) in [4.78, 5) is 26.8. The molecular weight excluding hydrogens is 361 g/mol. The molecule has 1 amide bonds. The quantitative estimate of drug-likeness (QED) is 0.578. The van der Waals surface area contributed by atoms with Crippen LogP contribution in [-0.2, 0) is 14.3 Å². The molecule has 0 bridgehead atoms. The van der Waals surface area contributed by atoms with Crippen molar-refractivity contribution < 1.29 is 23.5 Å². The number of nitrogens with zero attached hydrogens (tertiary/aromatic N) is 1. The van der Waals surface area contributed by atoms with Gasteiger partial charge in [0.2, 0.25) is 0 Å². The van der Waals surface area contributed by atoms with Gasteiger partial charge >= 0.3 is 5.97 Å². The molecule has 0 saturated heterocycles. The third-order valence-corrected chi connectivity index (χ3v) is 4.40. The van der Waals surface area contributed by atoms with Crippen LogP contribution in [0.3, 0.4) is 0 Å². The fraction of sp³-hybridized carbons (Fsp3) is 0.182. The molecule has 2 aromatic rings. The zero-order valence-electron chi connectivity index (χ0n) is 15.9. The number of carbonyl (C=O) groups excluding carboxylic acids is 2. The van der Waals surface area contributed by atoms with Crippen LogP contribution in [-0.4, -0.2) is 25.6 Å². The second-order valence-corrected chi connectivity index (χ2v) is 6.07. The molecule has 2 aromatic carbocycles. The fourth-order valence-corrected chi connectivity index (χ4v) is 3.15. The number of carbonyl (C=O) groups is 2. The van der Waals surface area contributed by atoms with Crippen molar-refractivity contribution in [2.45, 2.75) is 13.8 Å². The number of para-hydroxylation sites is 2. The summed E-state index contributed by atoms with van der Waals surface area (Å²) in [5.74, 6) is -1.15. The first-order valence-electron chi connectivity index (χ1n) is 8.81. The molecular formula is C22H20FNO4. The van der Waals surface area contributed by atoms with Gasteiger partial charge < -0.3 is 9.47 Å². The summed E-state index contributed by atoms with van der Waals surface area (Å²) in [6, 6.07) is 13.1. The smallest absolute Gasteiger partial charge is 0.340 e. The van der Waals surface area contributed by atoms with E-state index in [1.165, 1.54) is 30.2 Å². The van der Waals surface area contributed by atoms with E-state index in [0.717, 1.165) is 0 Å². The molecule has 0 fully saturated rings. The van der Waals surface area contributed by atoms with E-state index in [4.69, 9.17) is 9.47 Å². The van der Waals surface area contributed by atoms with Crippen molar-refractivity contribution >= 4 is 23.6 Å². The predicted molar refractivity (Wildman–Crippen MR) is 104 cm³/mol. The summed E-state index contributed by atoms with van der Waals surface area (Å²) in [6.07, 6.45) is 1.57. The molecule has 0 aromatic heterocycles. The molecule has 1 aliphatic rings. The minimum absolute atomic E-state index is 0.0768. The first-order valence-corrected chi connectivity index (χ1v) is 8.81. The maximum Gasteiger partial charge on any atom is 0.340 e. The van der Waals surface area contributed by atoms with Crippen molar-refractivity contribution in [1.29, 1.82) is 0 Å². The first-order chi connectivity index (χ1) is 13.5. The average Bonchev–Trinajstić information content (AvgIpc) is 2.93. The summed E-state index contributed by atoms with van der Waals surface area (Å²) in [5.41, 5.74) is 1.24. The van der Waals surface area contributed by atoms with Crippen molar-refractivity contribution in [3.05, 3.63) is 76.8 Å². The monoisotopic (exact) mass is 381 g/mol. The van der Waals surface area contributed by atoms with Crippen LogP contribution in [0.1, 0.15) is 19.4 Å². The van der Waals surface area contributed by atoms with Crippen molar-refractivity contribution in [3.63, 3.8) is 0 Å². The van der Waals surface area contributed by atoms with Crippen LogP contribution in [0.15, 0.2) is 65.4 Å². The number of methoxy groups -OCH3 is 1. The highest BCUT2D eigenvalue weighted by Gasteiger charge is 2.38. The molecule has 5 nitrogen and oxygen atoms in total. The highest BCUT2D eigenvalue weighted by atomic mass is 19.1. The average molecular weight is 381 g/mol. The van der Waals surface area contributed by atoms with Crippen molar-refractivity contribution in [2.75, 3.05) is 18.6 Å². The summed E-state index contributed by atoms with van der Waals surface area (Å²) in [7, 11) is 1.24. The molecule has 1 aliphatic heterocycles. The molecule has 0 atom stereocenters. The lowest BCUT2D eigenvalue weighted by Crippen LogP contribution is -2.25. The summed E-state index contributed by atoms with van der Waals surface area (Å²) in [5, 5.41) is 0. The van der Waals surface area contributed by atoms with Gasteiger partial charge in [0.05, 0.1) is 30.6 Å². The van der Waals surface area contributed by atoms with Gasteiger partial charge in [0.1, 0.15) is 11.6 Å². The second-order valence-electron chi connectivity index (χ2n) is 6.07. The Kier molecular flexibility index (Phi) is 5.59. The van der Waals surface area contributed by atoms with Crippen LogP contribution in [0.2, 0.25) is 0 Å². The van der Waals surface area contributed by atoms with Gasteiger partial charge in [-0.25, -0.2) is 9.18 Å². The lowest BCUT2D eigenvalue weighted by atomic mass is 10.0. The third-order valence-electron chi connectivity index (χ3n) is 4.40. The molecule has 0 aliphatic carbocycles. The van der Waals surface area contributed by atoms with E-state index in [0.29, 0.717) is 23.6 Å². The normalized spacial score (nSPS) is 15.4. The number of hydrogen-bond donors (Lipinski definition) is 0. The molecule has 3 rings (SSSR count). The standard InChI is InChI=1S/C22H20FNO4/c1-4-28-19-12-8-5-9-15(19)13-16-20(22(26)27-3)14(2)24(21(16)25)18-11-7-6-10-17(18)23/h5-13H,4H2,1-3H3/b16-13+. The highest BCUT2D eigenvalue weighted by molar-refractivity contribution is 6.24. The predicted octanol–water partition coefficient (Wildman–Crippen LogP) is 4.10. The van der Waals surface area contributed by atoms with Crippen LogP contribution in [0.4, 0.5) is 10.1 Å². The minimum atomic E-state index is -0.662. The van der Waals surface area contributed by atoms with Crippen molar-refractivity contribution in [2.24, 2.45) is 0 Å². The zero-order chi connectivity index (χ0) is 20.3. The maximum absolute atomic E-state index is 14.3. The Morgan fingerprint density at radius 2 is 1.82 bits per heavy atom. The van der Waals surface area contributed by atoms with E-state index in [1.54, 1.807) is 37.3 Å². The molecule has 0 radical (unpaired) electrons. The number of hydrogen-bond acceptors (Lipinski definition) is 4. The molecule has 1 heterocycles. The number of anilines is 1. The Morgan fingerprint density at radius 3 is 2.50 bits per heavy atom. The molecule has 0 saturated carbocycles. The number of esters is 1. The van der Waals surface area contributed by atoms with Gasteiger partial charge in [-0.3, -0.25) is 9.69 Å². The topological polar surface area (TPSA) is 55.8 Å². The van der Waals surface area contributed by atoms with Crippen molar-refractivity contribution in [3.8, 4) is 5.75 Å². The number of ether oxygens (including phenoxy) is 2. The molecule has 6 heteroatoms. The van der Waals surface area contributed by atoms with E-state index in [-0.39, 0.29) is 16.8 Å². The zero-order valence-corrected chi connectivity index (χ0v) is 15.9. The Labute approximate surface area is 162 Å². The molecule has 144 valence electrons. The van der Waals surface area contributed by atoms with Crippen LogP contribution in [0.25, 0.3) is 6.08 Å². The number of rotatable bonds is 5. The van der Waals surface area contributed by atoms with Crippen LogP contribution < -0.4 is 9.64 Å².